The first-order valence-corrected chi connectivity index (χ1v) is 17.9. The van der Waals surface area contributed by atoms with E-state index in [1.807, 2.05) is 34.9 Å². The summed E-state index contributed by atoms with van der Waals surface area (Å²) in [6.07, 6.45) is 15.4. The number of methoxy groups -OCH3 is 1. The highest BCUT2D eigenvalue weighted by Gasteiger charge is 2.30. The molecule has 1 aromatic carbocycles. The first kappa shape index (κ1) is 33.3. The van der Waals surface area contributed by atoms with E-state index >= 15 is 0 Å². The Morgan fingerprint density at radius 1 is 1.06 bits per heavy atom. The summed E-state index contributed by atoms with van der Waals surface area (Å²) in [5.41, 5.74) is 4.05. The summed E-state index contributed by atoms with van der Waals surface area (Å²) in [5.74, 6) is 1.63. The second-order valence-electron chi connectivity index (χ2n) is 14.0. The van der Waals surface area contributed by atoms with Crippen molar-refractivity contribution in [1.29, 1.82) is 5.26 Å². The summed E-state index contributed by atoms with van der Waals surface area (Å²) in [7, 11) is 1.56. The predicted molar refractivity (Wildman–Crippen MR) is 193 cm³/mol. The summed E-state index contributed by atoms with van der Waals surface area (Å²) in [6, 6.07) is 11.4. The number of rotatable bonds is 8. The number of hydrogen-bond acceptors (Lipinski definition) is 9. The van der Waals surface area contributed by atoms with Crippen molar-refractivity contribution < 1.29 is 19.1 Å². The number of piperidine rings is 1. The van der Waals surface area contributed by atoms with Crippen LogP contribution in [-0.2, 0) is 4.79 Å². The van der Waals surface area contributed by atoms with Crippen LogP contribution in [0.15, 0.2) is 61.3 Å². The molecular weight excluding hydrogens is 660 g/mol. The molecule has 2 aliphatic heterocycles. The molecule has 14 heteroatoms. The maximum Gasteiger partial charge on any atom is 0.329 e. The average molecular weight is 701 g/mol. The maximum absolute atomic E-state index is 12.9. The molecule has 0 bridgehead atoms. The molecule has 0 spiro atoms. The molecule has 0 atom stereocenters. The van der Waals surface area contributed by atoms with Crippen LogP contribution in [0.4, 0.5) is 16.3 Å². The van der Waals surface area contributed by atoms with Gasteiger partial charge in [-0.05, 0) is 87.2 Å². The number of amides is 4. The maximum atomic E-state index is 12.9. The van der Waals surface area contributed by atoms with Gasteiger partial charge < -0.3 is 15.0 Å². The number of imide groups is 1. The number of carbonyl (C=O) groups excluding carboxylic acids is 3. The van der Waals surface area contributed by atoms with Crippen LogP contribution in [0.5, 0.6) is 5.75 Å². The Morgan fingerprint density at radius 3 is 2.65 bits per heavy atom. The highest BCUT2D eigenvalue weighted by Crippen LogP contribution is 2.37. The van der Waals surface area contributed by atoms with Crippen molar-refractivity contribution in [3.63, 3.8) is 0 Å². The molecule has 0 radical (unpaired) electrons. The van der Waals surface area contributed by atoms with E-state index in [4.69, 9.17) is 14.8 Å². The van der Waals surface area contributed by atoms with Gasteiger partial charge in [0.1, 0.15) is 23.3 Å². The quantitative estimate of drug-likeness (QED) is 0.220. The number of carbonyl (C=O) groups is 3. The number of anilines is 2. The molecule has 8 rings (SSSR count). The lowest BCUT2D eigenvalue weighted by Gasteiger charge is -2.36. The first-order valence-electron chi connectivity index (χ1n) is 17.9. The van der Waals surface area contributed by atoms with Crippen molar-refractivity contribution in [1.82, 2.24) is 34.4 Å². The fourth-order valence-electron chi connectivity index (χ4n) is 8.05. The van der Waals surface area contributed by atoms with Crippen molar-refractivity contribution in [2.45, 2.75) is 56.9 Å². The van der Waals surface area contributed by atoms with Gasteiger partial charge in [0.2, 0.25) is 5.91 Å². The fourth-order valence-corrected chi connectivity index (χ4v) is 8.05. The topological polar surface area (TPSA) is 163 Å². The third kappa shape index (κ3) is 6.55. The van der Waals surface area contributed by atoms with Crippen molar-refractivity contribution in [3.05, 3.63) is 78.0 Å². The first-order chi connectivity index (χ1) is 25.4. The third-order valence-electron chi connectivity index (χ3n) is 10.8. The van der Waals surface area contributed by atoms with Crippen LogP contribution in [0.2, 0.25) is 0 Å². The number of likely N-dealkylation sites (tertiary alicyclic amines) is 1. The van der Waals surface area contributed by atoms with E-state index in [0.29, 0.717) is 52.8 Å². The number of benzene rings is 1. The molecule has 1 saturated carbocycles. The van der Waals surface area contributed by atoms with Crippen LogP contribution in [0.25, 0.3) is 16.6 Å². The van der Waals surface area contributed by atoms with Crippen molar-refractivity contribution in [2.75, 3.05) is 43.5 Å². The van der Waals surface area contributed by atoms with Gasteiger partial charge in [-0.25, -0.2) is 9.78 Å². The number of urea groups is 1. The van der Waals surface area contributed by atoms with Gasteiger partial charge in [-0.15, -0.1) is 0 Å². The highest BCUT2D eigenvalue weighted by atomic mass is 16.5. The minimum Gasteiger partial charge on any atom is -0.494 e. The van der Waals surface area contributed by atoms with Crippen molar-refractivity contribution >= 4 is 45.9 Å². The van der Waals surface area contributed by atoms with Gasteiger partial charge in [0.25, 0.3) is 5.91 Å². The summed E-state index contributed by atoms with van der Waals surface area (Å²) in [5, 5.41) is 20.3. The number of imidazole rings is 1. The molecule has 5 aromatic rings. The third-order valence-corrected chi connectivity index (χ3v) is 10.8. The second kappa shape index (κ2) is 14.1. The molecule has 52 heavy (non-hydrogen) atoms. The zero-order valence-corrected chi connectivity index (χ0v) is 29.0. The van der Waals surface area contributed by atoms with Crippen LogP contribution in [0.1, 0.15) is 78.4 Å². The molecule has 4 aromatic heterocycles. The minimum atomic E-state index is -0.402. The minimum absolute atomic E-state index is 0.247. The summed E-state index contributed by atoms with van der Waals surface area (Å²) in [4.78, 5) is 50.0. The predicted octanol–water partition coefficient (Wildman–Crippen LogP) is 5.27. The highest BCUT2D eigenvalue weighted by molar-refractivity contribution is 6.06. The molecule has 4 amide bonds. The molecule has 2 saturated heterocycles. The fraction of sp³-hybridized carbons (Fsp3) is 0.395. The molecule has 0 unspecified atom stereocenters. The molecule has 6 heterocycles. The molecule has 3 aliphatic rings. The smallest absolute Gasteiger partial charge is 0.329 e. The van der Waals surface area contributed by atoms with Crippen LogP contribution in [0, 0.1) is 17.2 Å². The Bertz CT molecular complexity index is 2200. The van der Waals surface area contributed by atoms with Crippen LogP contribution in [0.3, 0.4) is 0 Å². The second-order valence-corrected chi connectivity index (χ2v) is 14.0. The summed E-state index contributed by atoms with van der Waals surface area (Å²) < 4.78 is 9.65. The van der Waals surface area contributed by atoms with Crippen molar-refractivity contribution in [2.24, 2.45) is 5.92 Å². The Balaban J connectivity index is 0.859. The molecular formula is C38H40N10O4. The van der Waals surface area contributed by atoms with E-state index in [1.54, 1.807) is 18.2 Å². The van der Waals surface area contributed by atoms with Gasteiger partial charge in [0.15, 0.2) is 0 Å². The molecule has 266 valence electrons. The van der Waals surface area contributed by atoms with E-state index in [9.17, 15) is 19.6 Å². The molecule has 14 nitrogen and oxygen atoms in total. The Morgan fingerprint density at radius 2 is 1.88 bits per heavy atom. The number of nitrogens with zero attached hydrogens (tertiary/aromatic N) is 8. The molecule has 1 aliphatic carbocycles. The number of nitriles is 1. The number of fused-ring (bicyclic) bond motifs is 2. The van der Waals surface area contributed by atoms with E-state index in [0.717, 1.165) is 74.7 Å². The lowest BCUT2D eigenvalue weighted by Crippen LogP contribution is -2.50. The normalized spacial score (nSPS) is 20.2. The Kier molecular flexibility index (Phi) is 9.02. The number of ether oxygens (including phenoxy) is 1. The number of nitrogens with one attached hydrogen (secondary N) is 2. The van der Waals surface area contributed by atoms with Gasteiger partial charge in [-0.2, -0.15) is 10.4 Å². The van der Waals surface area contributed by atoms with E-state index in [2.05, 4.69) is 37.5 Å². The zero-order chi connectivity index (χ0) is 35.8. The Hall–Kier alpha value is -5.81. The number of pyridine rings is 2. The van der Waals surface area contributed by atoms with Gasteiger partial charge >= 0.3 is 6.03 Å². The van der Waals surface area contributed by atoms with Crippen LogP contribution >= 0.6 is 0 Å². The number of aromatic nitrogens is 5. The largest absolute Gasteiger partial charge is 0.494 e. The summed E-state index contributed by atoms with van der Waals surface area (Å²) >= 11 is 0. The van der Waals surface area contributed by atoms with Crippen LogP contribution in [-0.4, -0.2) is 80.2 Å². The molecule has 2 N–H and O–H groups in total. The van der Waals surface area contributed by atoms with E-state index in [-0.39, 0.29) is 18.2 Å². The van der Waals surface area contributed by atoms with Crippen LogP contribution < -0.4 is 20.3 Å². The SMILES string of the molecule is COc1cc2nn([C@H]3CC[C@H](CN4CCC(c5cccn6c(N7CCC(=O)NC7=O)cnc56)CC4)CC3)cc2cc1NC(=O)c1cncc(C#N)c1. The van der Waals surface area contributed by atoms with Gasteiger partial charge in [-0.3, -0.25) is 33.9 Å². The standard InChI is InChI=1S/C38H40N10O4/c1-52-33-17-31-28(16-32(33)42-37(50)27-15-25(18-39)19-40-20-27)23-48(44-31)29-6-4-24(5-7-29)22-45-12-8-26(9-13-45)30-3-2-11-46-35(21-41-36(30)46)47-14-10-34(49)43-38(47)51/h2-3,11,15-17,19-21,23-24,26,29H,4-10,12-14,22H2,1H3,(H,42,50)(H,43,49,51)/t24-,29-. The lowest BCUT2D eigenvalue weighted by molar-refractivity contribution is -0.120. The van der Waals surface area contributed by atoms with E-state index in [1.165, 1.54) is 24.0 Å². The van der Waals surface area contributed by atoms with Crippen molar-refractivity contribution in [3.8, 4) is 11.8 Å². The zero-order valence-electron chi connectivity index (χ0n) is 29.0. The lowest BCUT2D eigenvalue weighted by atomic mass is 9.84. The summed E-state index contributed by atoms with van der Waals surface area (Å²) in [6.45, 7) is 3.54. The molecule has 3 fully saturated rings. The van der Waals surface area contributed by atoms with Gasteiger partial charge in [0, 0.05) is 55.8 Å². The average Bonchev–Trinajstić information content (AvgIpc) is 3.79. The van der Waals surface area contributed by atoms with Gasteiger partial charge in [0.05, 0.1) is 41.7 Å². The van der Waals surface area contributed by atoms with Gasteiger partial charge in [-0.1, -0.05) is 6.07 Å². The monoisotopic (exact) mass is 700 g/mol. The Labute approximate surface area is 300 Å². The van der Waals surface area contributed by atoms with E-state index < -0.39 is 6.03 Å². The number of hydrogen-bond donors (Lipinski definition) is 2.